The molecule has 2 unspecified atom stereocenters. The van der Waals surface area contributed by atoms with Crippen LogP contribution >= 0.6 is 23.4 Å². The van der Waals surface area contributed by atoms with Crippen molar-refractivity contribution in [2.24, 2.45) is 5.73 Å². The van der Waals surface area contributed by atoms with Gasteiger partial charge in [-0.05, 0) is 17.7 Å². The van der Waals surface area contributed by atoms with E-state index in [0.29, 0.717) is 18.1 Å². The minimum absolute atomic E-state index is 0.115. The fourth-order valence-electron chi connectivity index (χ4n) is 2.14. The molecule has 0 aliphatic carbocycles. The van der Waals surface area contributed by atoms with E-state index in [0.717, 1.165) is 22.1 Å². The summed E-state index contributed by atoms with van der Waals surface area (Å²) in [5, 5.41) is 4.74. The zero-order chi connectivity index (χ0) is 13.2. The van der Waals surface area contributed by atoms with Crippen LogP contribution in [0.4, 0.5) is 0 Å². The largest absolute Gasteiger partial charge is 0.339 e. The van der Waals surface area contributed by atoms with E-state index >= 15 is 0 Å². The number of nitrogens with zero attached hydrogens (tertiary/aromatic N) is 2. The molecule has 1 aliphatic heterocycles. The first-order chi connectivity index (χ1) is 9.22. The van der Waals surface area contributed by atoms with Crippen molar-refractivity contribution in [3.05, 3.63) is 46.6 Å². The van der Waals surface area contributed by atoms with E-state index in [-0.39, 0.29) is 12.0 Å². The number of hydrogen-bond donors (Lipinski definition) is 1. The number of halogens is 1. The van der Waals surface area contributed by atoms with Crippen LogP contribution in [0.15, 0.2) is 28.8 Å². The molecule has 6 heteroatoms. The molecule has 2 heterocycles. The molecule has 2 N–H and O–H groups in total. The predicted molar refractivity (Wildman–Crippen MR) is 76.6 cm³/mol. The fourth-order valence-corrected chi connectivity index (χ4v) is 3.64. The van der Waals surface area contributed by atoms with E-state index in [4.69, 9.17) is 21.9 Å². The van der Waals surface area contributed by atoms with Gasteiger partial charge in [-0.2, -0.15) is 16.7 Å². The smallest absolute Gasteiger partial charge is 0.232 e. The molecule has 1 aromatic heterocycles. The molecular weight excluding hydrogens is 282 g/mol. The van der Waals surface area contributed by atoms with E-state index in [1.165, 1.54) is 0 Å². The first-order valence-corrected chi connectivity index (χ1v) is 7.66. The van der Waals surface area contributed by atoms with Crippen molar-refractivity contribution in [2.45, 2.75) is 18.4 Å². The highest BCUT2D eigenvalue weighted by Crippen LogP contribution is 2.30. The minimum Gasteiger partial charge on any atom is -0.339 e. The molecule has 2 atom stereocenters. The molecule has 100 valence electrons. The standard InChI is InChI=1S/C13H14ClN3OS/c14-9-3-1-2-8(4-9)5-12-16-13(18-17-12)10-6-19-7-11(10)15/h1-4,10-11H,5-7,15H2. The summed E-state index contributed by atoms with van der Waals surface area (Å²) in [6.07, 6.45) is 0.624. The summed E-state index contributed by atoms with van der Waals surface area (Å²) >= 11 is 7.79. The van der Waals surface area contributed by atoms with Crippen LogP contribution in [0.5, 0.6) is 0 Å². The average Bonchev–Trinajstić information content (AvgIpc) is 2.98. The first kappa shape index (κ1) is 13.0. The maximum atomic E-state index is 6.03. The number of aromatic nitrogens is 2. The molecule has 1 aliphatic rings. The lowest BCUT2D eigenvalue weighted by atomic mass is 10.1. The molecule has 0 saturated carbocycles. The van der Waals surface area contributed by atoms with Gasteiger partial charge in [0.15, 0.2) is 5.82 Å². The lowest BCUT2D eigenvalue weighted by Crippen LogP contribution is -2.26. The molecule has 2 aromatic rings. The molecule has 19 heavy (non-hydrogen) atoms. The third-order valence-electron chi connectivity index (χ3n) is 3.18. The Kier molecular flexibility index (Phi) is 3.77. The third-order valence-corrected chi connectivity index (χ3v) is 4.63. The van der Waals surface area contributed by atoms with Gasteiger partial charge in [-0.15, -0.1) is 0 Å². The number of rotatable bonds is 3. The van der Waals surface area contributed by atoms with E-state index in [1.54, 1.807) is 0 Å². The molecule has 0 amide bonds. The molecule has 0 radical (unpaired) electrons. The third kappa shape index (κ3) is 2.94. The SMILES string of the molecule is NC1CSCC1c1nc(Cc2cccc(Cl)c2)no1. The summed E-state index contributed by atoms with van der Waals surface area (Å²) in [4.78, 5) is 4.45. The van der Waals surface area contributed by atoms with Gasteiger partial charge in [-0.3, -0.25) is 0 Å². The second-order valence-corrected chi connectivity index (χ2v) is 6.17. The van der Waals surface area contributed by atoms with Gasteiger partial charge in [0.1, 0.15) is 0 Å². The van der Waals surface area contributed by atoms with Crippen molar-refractivity contribution in [1.82, 2.24) is 10.1 Å². The van der Waals surface area contributed by atoms with Gasteiger partial charge >= 0.3 is 0 Å². The Morgan fingerprint density at radius 1 is 1.42 bits per heavy atom. The highest BCUT2D eigenvalue weighted by molar-refractivity contribution is 7.99. The van der Waals surface area contributed by atoms with Crippen LogP contribution in [0.2, 0.25) is 5.02 Å². The Morgan fingerprint density at radius 3 is 3.05 bits per heavy atom. The second kappa shape index (κ2) is 5.53. The van der Waals surface area contributed by atoms with Crippen molar-refractivity contribution in [3.8, 4) is 0 Å². The molecular formula is C13H14ClN3OS. The lowest BCUT2D eigenvalue weighted by Gasteiger charge is -2.07. The maximum Gasteiger partial charge on any atom is 0.232 e. The van der Waals surface area contributed by atoms with E-state index in [1.807, 2.05) is 36.0 Å². The zero-order valence-electron chi connectivity index (χ0n) is 10.3. The summed E-state index contributed by atoms with van der Waals surface area (Å²) in [7, 11) is 0. The Labute approximate surface area is 120 Å². The molecule has 1 saturated heterocycles. The molecule has 1 fully saturated rings. The average molecular weight is 296 g/mol. The summed E-state index contributed by atoms with van der Waals surface area (Å²) in [5.41, 5.74) is 7.10. The van der Waals surface area contributed by atoms with Gasteiger partial charge < -0.3 is 10.3 Å². The summed E-state index contributed by atoms with van der Waals surface area (Å²) in [6.45, 7) is 0. The summed E-state index contributed by atoms with van der Waals surface area (Å²) in [6, 6.07) is 7.79. The van der Waals surface area contributed by atoms with Gasteiger partial charge in [0.05, 0.1) is 5.92 Å². The van der Waals surface area contributed by atoms with Crippen molar-refractivity contribution in [3.63, 3.8) is 0 Å². The van der Waals surface area contributed by atoms with Crippen molar-refractivity contribution >= 4 is 23.4 Å². The Bertz CT molecular complexity index is 575. The van der Waals surface area contributed by atoms with Gasteiger partial charge in [0.25, 0.3) is 0 Å². The summed E-state index contributed by atoms with van der Waals surface area (Å²) in [5.74, 6) is 3.44. The van der Waals surface area contributed by atoms with Crippen LogP contribution in [0.1, 0.15) is 23.2 Å². The minimum atomic E-state index is 0.115. The van der Waals surface area contributed by atoms with Gasteiger partial charge in [-0.1, -0.05) is 28.9 Å². The maximum absolute atomic E-state index is 6.03. The van der Waals surface area contributed by atoms with Crippen molar-refractivity contribution < 1.29 is 4.52 Å². The molecule has 3 rings (SSSR count). The van der Waals surface area contributed by atoms with Gasteiger partial charge in [0, 0.05) is 29.0 Å². The highest BCUT2D eigenvalue weighted by Gasteiger charge is 2.30. The van der Waals surface area contributed by atoms with Gasteiger partial charge in [0.2, 0.25) is 5.89 Å². The van der Waals surface area contributed by atoms with E-state index < -0.39 is 0 Å². The first-order valence-electron chi connectivity index (χ1n) is 6.12. The topological polar surface area (TPSA) is 64.9 Å². The zero-order valence-corrected chi connectivity index (χ0v) is 11.8. The Hall–Kier alpha value is -1.04. The fraction of sp³-hybridized carbons (Fsp3) is 0.385. The highest BCUT2D eigenvalue weighted by atomic mass is 35.5. The van der Waals surface area contributed by atoms with Crippen molar-refractivity contribution in [2.75, 3.05) is 11.5 Å². The molecule has 1 aromatic carbocycles. The van der Waals surface area contributed by atoms with Crippen LogP contribution in [0.3, 0.4) is 0 Å². The van der Waals surface area contributed by atoms with Crippen LogP contribution in [0.25, 0.3) is 0 Å². The lowest BCUT2D eigenvalue weighted by molar-refractivity contribution is 0.349. The number of thioether (sulfide) groups is 1. The number of nitrogens with two attached hydrogens (primary N) is 1. The van der Waals surface area contributed by atoms with E-state index in [2.05, 4.69) is 10.1 Å². The Morgan fingerprint density at radius 2 is 2.32 bits per heavy atom. The normalized spacial score (nSPS) is 22.8. The molecule has 0 bridgehead atoms. The quantitative estimate of drug-likeness (QED) is 0.942. The van der Waals surface area contributed by atoms with Gasteiger partial charge in [-0.25, -0.2) is 0 Å². The Balaban J connectivity index is 1.74. The van der Waals surface area contributed by atoms with Crippen LogP contribution in [-0.2, 0) is 6.42 Å². The van der Waals surface area contributed by atoms with E-state index in [9.17, 15) is 0 Å². The monoisotopic (exact) mass is 295 g/mol. The summed E-state index contributed by atoms with van der Waals surface area (Å²) < 4.78 is 5.33. The van der Waals surface area contributed by atoms with Crippen LogP contribution in [0, 0.1) is 0 Å². The van der Waals surface area contributed by atoms with Crippen molar-refractivity contribution in [1.29, 1.82) is 0 Å². The second-order valence-electron chi connectivity index (χ2n) is 4.66. The molecule has 0 spiro atoms. The van der Waals surface area contributed by atoms with Crippen LogP contribution < -0.4 is 5.73 Å². The number of benzene rings is 1. The van der Waals surface area contributed by atoms with Crippen LogP contribution in [-0.4, -0.2) is 27.7 Å². The predicted octanol–water partition coefficient (Wildman–Crippen LogP) is 2.47. The number of hydrogen-bond acceptors (Lipinski definition) is 5. The molecule has 4 nitrogen and oxygen atoms in total.